The normalized spacial score (nSPS) is 11.8. The number of non-ortho nitro benzene ring substituents is 1. The second-order valence-electron chi connectivity index (χ2n) is 6.68. The van der Waals surface area contributed by atoms with Gasteiger partial charge in [0.2, 0.25) is 17.6 Å². The molecule has 0 aliphatic carbocycles. The van der Waals surface area contributed by atoms with E-state index in [-0.39, 0.29) is 23.3 Å². The molecule has 0 fully saturated rings. The number of amides is 1. The maximum atomic E-state index is 12.3. The largest absolute Gasteiger partial charge is 0.344 e. The number of nitrogens with zero attached hydrogens (tertiary/aromatic N) is 3. The van der Waals surface area contributed by atoms with E-state index in [0.29, 0.717) is 18.4 Å². The summed E-state index contributed by atoms with van der Waals surface area (Å²) in [4.78, 5) is 27.2. The minimum atomic E-state index is -0.485. The lowest BCUT2D eigenvalue weighted by Crippen LogP contribution is -2.30. The van der Waals surface area contributed by atoms with Crippen molar-refractivity contribution in [2.45, 2.75) is 38.6 Å². The van der Waals surface area contributed by atoms with Crippen molar-refractivity contribution in [3.63, 3.8) is 0 Å². The summed E-state index contributed by atoms with van der Waals surface area (Å²) in [6, 6.07) is 15.2. The summed E-state index contributed by atoms with van der Waals surface area (Å²) in [6.07, 6.45) is 2.64. The third kappa shape index (κ3) is 5.47. The zero-order valence-electron chi connectivity index (χ0n) is 16.1. The molecule has 8 heteroatoms. The van der Waals surface area contributed by atoms with Gasteiger partial charge in [0.05, 0.1) is 4.92 Å². The monoisotopic (exact) mass is 394 g/mol. The van der Waals surface area contributed by atoms with E-state index in [2.05, 4.69) is 15.5 Å². The number of benzene rings is 2. The summed E-state index contributed by atoms with van der Waals surface area (Å²) in [5.41, 5.74) is 1.44. The molecule has 0 saturated carbocycles. The number of rotatable bonds is 9. The van der Waals surface area contributed by atoms with Crippen LogP contribution >= 0.6 is 0 Å². The first-order valence-corrected chi connectivity index (χ1v) is 9.48. The number of aromatic nitrogens is 2. The molecule has 0 bridgehead atoms. The standard InChI is InChI=1S/C21H22N4O4/c1-2-3-12-19(26)22-18(13-15-8-5-4-6-9-15)21-23-20(24-29-21)16-10-7-11-17(14-16)25(27)28/h4-11,14,18H,2-3,12-13H2,1H3,(H,22,26). The van der Waals surface area contributed by atoms with Crippen LogP contribution in [-0.4, -0.2) is 21.0 Å². The van der Waals surface area contributed by atoms with Gasteiger partial charge in [0, 0.05) is 30.5 Å². The van der Waals surface area contributed by atoms with Crippen molar-refractivity contribution >= 4 is 11.6 Å². The van der Waals surface area contributed by atoms with E-state index in [1.54, 1.807) is 12.1 Å². The van der Waals surface area contributed by atoms with Gasteiger partial charge in [0.1, 0.15) is 6.04 Å². The summed E-state index contributed by atoms with van der Waals surface area (Å²) in [5.74, 6) is 0.424. The average molecular weight is 394 g/mol. The lowest BCUT2D eigenvalue weighted by molar-refractivity contribution is -0.384. The fraction of sp³-hybridized carbons (Fsp3) is 0.286. The van der Waals surface area contributed by atoms with Crippen LogP contribution < -0.4 is 5.32 Å². The highest BCUT2D eigenvalue weighted by Crippen LogP contribution is 2.24. The molecule has 3 rings (SSSR count). The Hall–Kier alpha value is -3.55. The molecule has 8 nitrogen and oxygen atoms in total. The molecule has 1 heterocycles. The summed E-state index contributed by atoms with van der Waals surface area (Å²) < 4.78 is 5.41. The number of nitrogens with one attached hydrogen (secondary N) is 1. The van der Waals surface area contributed by atoms with Crippen LogP contribution in [0.25, 0.3) is 11.4 Å². The number of nitro groups is 1. The summed E-state index contributed by atoms with van der Waals surface area (Å²) >= 11 is 0. The minimum absolute atomic E-state index is 0.0532. The van der Waals surface area contributed by atoms with E-state index in [1.807, 2.05) is 37.3 Å². The van der Waals surface area contributed by atoms with E-state index in [1.165, 1.54) is 12.1 Å². The van der Waals surface area contributed by atoms with Crippen molar-refractivity contribution in [1.82, 2.24) is 15.5 Å². The van der Waals surface area contributed by atoms with Crippen LogP contribution in [-0.2, 0) is 11.2 Å². The predicted molar refractivity (Wildman–Crippen MR) is 107 cm³/mol. The topological polar surface area (TPSA) is 111 Å². The van der Waals surface area contributed by atoms with Gasteiger partial charge < -0.3 is 9.84 Å². The van der Waals surface area contributed by atoms with Crippen molar-refractivity contribution in [2.75, 3.05) is 0 Å². The molecule has 0 saturated heterocycles. The SMILES string of the molecule is CCCCC(=O)NC(Cc1ccccc1)c1nc(-c2cccc([N+](=O)[O-])c2)no1. The van der Waals surface area contributed by atoms with Crippen LogP contribution in [0, 0.1) is 10.1 Å². The first kappa shape index (κ1) is 20.2. The van der Waals surface area contributed by atoms with Crippen molar-refractivity contribution in [3.05, 3.63) is 76.2 Å². The second kappa shape index (κ2) is 9.59. The number of hydrogen-bond acceptors (Lipinski definition) is 6. The number of hydrogen-bond donors (Lipinski definition) is 1. The number of carbonyl (C=O) groups excluding carboxylic acids is 1. The molecule has 1 unspecified atom stereocenters. The molecule has 29 heavy (non-hydrogen) atoms. The van der Waals surface area contributed by atoms with Crippen molar-refractivity contribution in [2.24, 2.45) is 0 Å². The Bertz CT molecular complexity index is 972. The Morgan fingerprint density at radius 1 is 1.21 bits per heavy atom. The molecule has 0 spiro atoms. The maximum absolute atomic E-state index is 12.3. The lowest BCUT2D eigenvalue weighted by atomic mass is 10.1. The molecule has 1 atom stereocenters. The zero-order chi connectivity index (χ0) is 20.6. The lowest BCUT2D eigenvalue weighted by Gasteiger charge is -2.15. The van der Waals surface area contributed by atoms with Gasteiger partial charge >= 0.3 is 0 Å². The Balaban J connectivity index is 1.84. The minimum Gasteiger partial charge on any atom is -0.344 e. The molecular weight excluding hydrogens is 372 g/mol. The van der Waals surface area contributed by atoms with E-state index >= 15 is 0 Å². The van der Waals surface area contributed by atoms with Crippen molar-refractivity contribution in [3.8, 4) is 11.4 Å². The fourth-order valence-corrected chi connectivity index (χ4v) is 2.91. The first-order valence-electron chi connectivity index (χ1n) is 9.48. The predicted octanol–water partition coefficient (Wildman–Crippen LogP) is 4.24. The fourth-order valence-electron chi connectivity index (χ4n) is 2.91. The van der Waals surface area contributed by atoms with Gasteiger partial charge in [-0.15, -0.1) is 0 Å². The van der Waals surface area contributed by atoms with Gasteiger partial charge in [-0.1, -0.05) is 61.0 Å². The van der Waals surface area contributed by atoms with Gasteiger partial charge in [-0.05, 0) is 12.0 Å². The quantitative estimate of drug-likeness (QED) is 0.429. The number of nitro benzene ring substituents is 1. The van der Waals surface area contributed by atoms with Crippen LogP contribution in [0.3, 0.4) is 0 Å². The van der Waals surface area contributed by atoms with Crippen molar-refractivity contribution < 1.29 is 14.2 Å². The molecule has 0 aliphatic heterocycles. The third-order valence-corrected chi connectivity index (χ3v) is 4.43. The number of carbonyl (C=O) groups is 1. The smallest absolute Gasteiger partial charge is 0.270 e. The Morgan fingerprint density at radius 2 is 2.00 bits per heavy atom. The zero-order valence-corrected chi connectivity index (χ0v) is 16.1. The molecule has 0 aliphatic rings. The van der Waals surface area contributed by atoms with Gasteiger partial charge in [0.15, 0.2) is 0 Å². The van der Waals surface area contributed by atoms with E-state index in [0.717, 1.165) is 18.4 Å². The molecule has 0 radical (unpaired) electrons. The van der Waals surface area contributed by atoms with E-state index in [4.69, 9.17) is 4.52 Å². The Labute approximate surface area is 168 Å². The Morgan fingerprint density at radius 3 is 2.72 bits per heavy atom. The second-order valence-corrected chi connectivity index (χ2v) is 6.68. The van der Waals surface area contributed by atoms with Gasteiger partial charge in [-0.3, -0.25) is 14.9 Å². The maximum Gasteiger partial charge on any atom is 0.270 e. The molecule has 3 aromatic rings. The number of unbranched alkanes of at least 4 members (excludes halogenated alkanes) is 1. The molecule has 1 N–H and O–H groups in total. The molecule has 2 aromatic carbocycles. The Kier molecular flexibility index (Phi) is 6.67. The van der Waals surface area contributed by atoms with Crippen LogP contribution in [0.1, 0.15) is 43.7 Å². The summed E-state index contributed by atoms with van der Waals surface area (Å²) in [7, 11) is 0. The van der Waals surface area contributed by atoms with Crippen molar-refractivity contribution in [1.29, 1.82) is 0 Å². The highest BCUT2D eigenvalue weighted by atomic mass is 16.6. The molecular formula is C21H22N4O4. The van der Waals surface area contributed by atoms with Gasteiger partial charge in [0.25, 0.3) is 5.69 Å². The van der Waals surface area contributed by atoms with Crippen LogP contribution in [0.4, 0.5) is 5.69 Å². The third-order valence-electron chi connectivity index (χ3n) is 4.43. The average Bonchev–Trinajstić information content (AvgIpc) is 3.23. The molecule has 1 amide bonds. The summed E-state index contributed by atoms with van der Waals surface area (Å²) in [5, 5.41) is 17.9. The van der Waals surface area contributed by atoms with E-state index < -0.39 is 11.0 Å². The highest BCUT2D eigenvalue weighted by Gasteiger charge is 2.22. The van der Waals surface area contributed by atoms with Crippen LogP contribution in [0.15, 0.2) is 59.1 Å². The first-order chi connectivity index (χ1) is 14.1. The van der Waals surface area contributed by atoms with Crippen LogP contribution in [0.2, 0.25) is 0 Å². The van der Waals surface area contributed by atoms with Crippen LogP contribution in [0.5, 0.6) is 0 Å². The molecule has 1 aromatic heterocycles. The molecule has 150 valence electrons. The van der Waals surface area contributed by atoms with E-state index in [9.17, 15) is 14.9 Å². The summed E-state index contributed by atoms with van der Waals surface area (Å²) in [6.45, 7) is 2.03. The van der Waals surface area contributed by atoms with Gasteiger partial charge in [-0.2, -0.15) is 4.98 Å². The highest BCUT2D eigenvalue weighted by molar-refractivity contribution is 5.76. The van der Waals surface area contributed by atoms with Gasteiger partial charge in [-0.25, -0.2) is 0 Å².